The number of hydrogen-bond acceptors (Lipinski definition) is 3. The van der Waals surface area contributed by atoms with Gasteiger partial charge in [0.1, 0.15) is 4.60 Å². The highest BCUT2D eigenvalue weighted by Gasteiger charge is 2.24. The van der Waals surface area contributed by atoms with Gasteiger partial charge in [-0.25, -0.2) is 4.98 Å². The van der Waals surface area contributed by atoms with Gasteiger partial charge in [0.2, 0.25) is 0 Å². The highest BCUT2D eigenvalue weighted by molar-refractivity contribution is 9.10. The summed E-state index contributed by atoms with van der Waals surface area (Å²) in [6.45, 7) is 5.77. The standard InChI is InChI=1S/C10H15BrN2S/c1-7-3-4-8(2)13(5-7)10-12-9(11)6-14-10/h6-8H,3-5H2,1-2H3. The fourth-order valence-electron chi connectivity index (χ4n) is 1.93. The lowest BCUT2D eigenvalue weighted by atomic mass is 9.96. The van der Waals surface area contributed by atoms with Crippen molar-refractivity contribution in [3.05, 3.63) is 9.98 Å². The molecular formula is C10H15BrN2S. The van der Waals surface area contributed by atoms with E-state index >= 15 is 0 Å². The van der Waals surface area contributed by atoms with E-state index in [1.54, 1.807) is 11.3 Å². The molecule has 2 atom stereocenters. The van der Waals surface area contributed by atoms with Crippen LogP contribution in [0.2, 0.25) is 0 Å². The van der Waals surface area contributed by atoms with Crippen LogP contribution in [-0.4, -0.2) is 17.6 Å². The first kappa shape index (κ1) is 10.4. The van der Waals surface area contributed by atoms with E-state index in [2.05, 4.69) is 45.0 Å². The minimum atomic E-state index is 0.643. The van der Waals surface area contributed by atoms with Crippen LogP contribution in [-0.2, 0) is 0 Å². The van der Waals surface area contributed by atoms with Crippen molar-refractivity contribution in [3.63, 3.8) is 0 Å². The molecule has 1 aliphatic heterocycles. The molecule has 0 spiro atoms. The van der Waals surface area contributed by atoms with E-state index < -0.39 is 0 Å². The summed E-state index contributed by atoms with van der Waals surface area (Å²) < 4.78 is 0.961. The van der Waals surface area contributed by atoms with Crippen LogP contribution in [0.5, 0.6) is 0 Å². The molecule has 1 aromatic heterocycles. The number of anilines is 1. The molecule has 0 saturated carbocycles. The maximum atomic E-state index is 4.48. The van der Waals surface area contributed by atoms with Gasteiger partial charge in [0, 0.05) is 18.0 Å². The number of nitrogens with zero attached hydrogens (tertiary/aromatic N) is 2. The average molecular weight is 275 g/mol. The van der Waals surface area contributed by atoms with Gasteiger partial charge < -0.3 is 4.90 Å². The number of piperidine rings is 1. The van der Waals surface area contributed by atoms with Crippen LogP contribution >= 0.6 is 27.3 Å². The lowest BCUT2D eigenvalue weighted by molar-refractivity contribution is 0.390. The van der Waals surface area contributed by atoms with Gasteiger partial charge in [-0.1, -0.05) is 6.92 Å². The van der Waals surface area contributed by atoms with Gasteiger partial charge in [-0.05, 0) is 41.6 Å². The third-order valence-electron chi connectivity index (χ3n) is 2.83. The third-order valence-corrected chi connectivity index (χ3v) is 4.41. The maximum Gasteiger partial charge on any atom is 0.186 e. The number of thiazole rings is 1. The second-order valence-electron chi connectivity index (χ2n) is 4.14. The first-order valence-corrected chi connectivity index (χ1v) is 6.71. The van der Waals surface area contributed by atoms with E-state index in [9.17, 15) is 0 Å². The minimum absolute atomic E-state index is 0.643. The summed E-state index contributed by atoms with van der Waals surface area (Å²) in [5.74, 6) is 0.800. The molecule has 2 rings (SSSR count). The summed E-state index contributed by atoms with van der Waals surface area (Å²) >= 11 is 5.14. The van der Waals surface area contributed by atoms with Crippen LogP contribution in [0.25, 0.3) is 0 Å². The van der Waals surface area contributed by atoms with Crippen molar-refractivity contribution in [2.45, 2.75) is 32.7 Å². The monoisotopic (exact) mass is 274 g/mol. The zero-order valence-electron chi connectivity index (χ0n) is 8.53. The Morgan fingerprint density at radius 2 is 2.29 bits per heavy atom. The second kappa shape index (κ2) is 4.19. The Hall–Kier alpha value is -0.0900. The van der Waals surface area contributed by atoms with Crippen molar-refractivity contribution >= 4 is 32.4 Å². The van der Waals surface area contributed by atoms with Crippen molar-refractivity contribution in [3.8, 4) is 0 Å². The minimum Gasteiger partial charge on any atom is -0.345 e. The number of halogens is 1. The molecule has 0 N–H and O–H groups in total. The summed E-state index contributed by atoms with van der Waals surface area (Å²) in [5, 5.41) is 3.22. The van der Waals surface area contributed by atoms with Crippen LogP contribution < -0.4 is 4.90 Å². The molecule has 0 radical (unpaired) electrons. The van der Waals surface area contributed by atoms with Crippen molar-refractivity contribution < 1.29 is 0 Å². The van der Waals surface area contributed by atoms with Gasteiger partial charge in [-0.15, -0.1) is 11.3 Å². The smallest absolute Gasteiger partial charge is 0.186 e. The van der Waals surface area contributed by atoms with Crippen LogP contribution in [0.4, 0.5) is 5.13 Å². The Morgan fingerprint density at radius 3 is 2.93 bits per heavy atom. The number of hydrogen-bond donors (Lipinski definition) is 0. The number of rotatable bonds is 1. The Morgan fingerprint density at radius 1 is 1.50 bits per heavy atom. The van der Waals surface area contributed by atoms with E-state index in [1.165, 1.54) is 12.8 Å². The van der Waals surface area contributed by atoms with Crippen LogP contribution in [0.15, 0.2) is 9.98 Å². The van der Waals surface area contributed by atoms with E-state index in [1.807, 2.05) is 0 Å². The molecule has 0 aliphatic carbocycles. The summed E-state index contributed by atoms with van der Waals surface area (Å²) in [7, 11) is 0. The van der Waals surface area contributed by atoms with Gasteiger partial charge in [-0.2, -0.15) is 0 Å². The molecule has 1 aliphatic rings. The van der Waals surface area contributed by atoms with Crippen LogP contribution in [0, 0.1) is 5.92 Å². The van der Waals surface area contributed by atoms with Crippen molar-refractivity contribution in [2.24, 2.45) is 5.92 Å². The molecule has 2 unspecified atom stereocenters. The van der Waals surface area contributed by atoms with E-state index in [0.717, 1.165) is 22.2 Å². The molecule has 78 valence electrons. The first-order chi connectivity index (χ1) is 6.66. The zero-order chi connectivity index (χ0) is 10.1. The Bertz CT molecular complexity index is 313. The molecule has 1 saturated heterocycles. The molecule has 1 aromatic rings. The fraction of sp³-hybridized carbons (Fsp3) is 0.700. The van der Waals surface area contributed by atoms with Crippen LogP contribution in [0.3, 0.4) is 0 Å². The fourth-order valence-corrected chi connectivity index (χ4v) is 3.29. The Kier molecular flexibility index (Phi) is 3.12. The Balaban J connectivity index is 2.15. The molecule has 1 fully saturated rings. The predicted molar refractivity (Wildman–Crippen MR) is 65.0 cm³/mol. The number of aromatic nitrogens is 1. The van der Waals surface area contributed by atoms with Gasteiger partial charge in [0.15, 0.2) is 5.13 Å². The third kappa shape index (κ3) is 2.11. The van der Waals surface area contributed by atoms with E-state index in [-0.39, 0.29) is 0 Å². The Labute approximate surface area is 97.5 Å². The van der Waals surface area contributed by atoms with E-state index in [0.29, 0.717) is 6.04 Å². The van der Waals surface area contributed by atoms with Crippen LogP contribution in [0.1, 0.15) is 26.7 Å². The molecule has 14 heavy (non-hydrogen) atoms. The molecule has 4 heteroatoms. The first-order valence-electron chi connectivity index (χ1n) is 5.04. The average Bonchev–Trinajstić information content (AvgIpc) is 2.56. The summed E-state index contributed by atoms with van der Waals surface area (Å²) in [4.78, 5) is 6.91. The zero-order valence-corrected chi connectivity index (χ0v) is 10.9. The summed E-state index contributed by atoms with van der Waals surface area (Å²) in [5.41, 5.74) is 0. The lowest BCUT2D eigenvalue weighted by Gasteiger charge is -2.36. The molecular weight excluding hydrogens is 260 g/mol. The van der Waals surface area contributed by atoms with Gasteiger partial charge in [-0.3, -0.25) is 0 Å². The van der Waals surface area contributed by atoms with Gasteiger partial charge in [0.25, 0.3) is 0 Å². The molecule has 0 bridgehead atoms. The summed E-state index contributed by atoms with van der Waals surface area (Å²) in [6.07, 6.45) is 2.64. The highest BCUT2D eigenvalue weighted by Crippen LogP contribution is 2.30. The molecule has 2 heterocycles. The highest BCUT2D eigenvalue weighted by atomic mass is 79.9. The van der Waals surface area contributed by atoms with Crippen molar-refractivity contribution in [2.75, 3.05) is 11.4 Å². The lowest BCUT2D eigenvalue weighted by Crippen LogP contribution is -2.41. The van der Waals surface area contributed by atoms with E-state index in [4.69, 9.17) is 0 Å². The van der Waals surface area contributed by atoms with Gasteiger partial charge in [0.05, 0.1) is 0 Å². The SMILES string of the molecule is CC1CCC(C)N(c2nc(Br)cs2)C1. The molecule has 2 nitrogen and oxygen atoms in total. The second-order valence-corrected chi connectivity index (χ2v) is 5.79. The molecule has 0 aromatic carbocycles. The normalized spacial score (nSPS) is 28.1. The van der Waals surface area contributed by atoms with Crippen molar-refractivity contribution in [1.82, 2.24) is 4.98 Å². The largest absolute Gasteiger partial charge is 0.345 e. The molecule has 0 amide bonds. The summed E-state index contributed by atoms with van der Waals surface area (Å²) in [6, 6.07) is 0.643. The predicted octanol–water partition coefficient (Wildman–Crippen LogP) is 3.53. The topological polar surface area (TPSA) is 16.1 Å². The van der Waals surface area contributed by atoms with Crippen molar-refractivity contribution in [1.29, 1.82) is 0 Å². The van der Waals surface area contributed by atoms with Gasteiger partial charge >= 0.3 is 0 Å². The quantitative estimate of drug-likeness (QED) is 0.779. The maximum absolute atomic E-state index is 4.48.